The molecule has 1 aliphatic heterocycles. The SMILES string of the molecule is CC(=O)n1c(O)c(C(=Nc2ccc(OC3CCN(C)CC3)cc2)c2ccccc2)c2ccc(C)cc21. The van der Waals surface area contributed by atoms with Gasteiger partial charge in [0.15, 0.2) is 0 Å². The zero-order valence-corrected chi connectivity index (χ0v) is 20.9. The summed E-state index contributed by atoms with van der Waals surface area (Å²) in [6, 6.07) is 23.3. The summed E-state index contributed by atoms with van der Waals surface area (Å²) < 4.78 is 7.55. The summed E-state index contributed by atoms with van der Waals surface area (Å²) in [5.41, 5.74) is 4.40. The van der Waals surface area contributed by atoms with Crippen molar-refractivity contribution in [1.82, 2.24) is 9.47 Å². The number of aliphatic imine (C=N–C) groups is 1. The van der Waals surface area contributed by atoms with Gasteiger partial charge in [-0.25, -0.2) is 4.99 Å². The Kier molecular flexibility index (Phi) is 6.61. The molecule has 1 aliphatic rings. The molecular weight excluding hydrogens is 450 g/mol. The average molecular weight is 482 g/mol. The van der Waals surface area contributed by atoms with Gasteiger partial charge in [-0.2, -0.15) is 0 Å². The minimum Gasteiger partial charge on any atom is -0.494 e. The average Bonchev–Trinajstić information content (AvgIpc) is 3.16. The largest absolute Gasteiger partial charge is 0.494 e. The number of hydrogen-bond donors (Lipinski definition) is 1. The lowest BCUT2D eigenvalue weighted by Gasteiger charge is -2.29. The number of fused-ring (bicyclic) bond motifs is 1. The van der Waals surface area contributed by atoms with E-state index in [1.807, 2.05) is 79.7 Å². The summed E-state index contributed by atoms with van der Waals surface area (Å²) in [5, 5.41) is 12.0. The third-order valence-electron chi connectivity index (χ3n) is 6.74. The number of carbonyl (C=O) groups excluding carboxylic acids is 1. The molecule has 0 saturated carbocycles. The van der Waals surface area contributed by atoms with Crippen molar-refractivity contribution in [3.8, 4) is 11.6 Å². The summed E-state index contributed by atoms with van der Waals surface area (Å²) in [6.07, 6.45) is 2.27. The van der Waals surface area contributed by atoms with Gasteiger partial charge in [-0.05, 0) is 62.7 Å². The second-order valence-corrected chi connectivity index (χ2v) is 9.51. The van der Waals surface area contributed by atoms with Crippen LogP contribution in [0.4, 0.5) is 5.69 Å². The molecule has 5 rings (SSSR count). The smallest absolute Gasteiger partial charge is 0.230 e. The third kappa shape index (κ3) is 4.77. The van der Waals surface area contributed by atoms with E-state index in [0.717, 1.165) is 53.9 Å². The lowest BCUT2D eigenvalue weighted by molar-refractivity contribution is 0.0933. The molecule has 0 amide bonds. The molecule has 0 unspecified atom stereocenters. The third-order valence-corrected chi connectivity index (χ3v) is 6.74. The van der Waals surface area contributed by atoms with Crippen molar-refractivity contribution >= 4 is 28.2 Å². The molecule has 1 N–H and O–H groups in total. The molecule has 0 spiro atoms. The van der Waals surface area contributed by atoms with Crippen LogP contribution in [0.3, 0.4) is 0 Å². The fraction of sp³-hybridized carbons (Fsp3) is 0.267. The van der Waals surface area contributed by atoms with Crippen molar-refractivity contribution in [2.45, 2.75) is 32.8 Å². The van der Waals surface area contributed by atoms with Crippen molar-refractivity contribution in [1.29, 1.82) is 0 Å². The molecule has 36 heavy (non-hydrogen) atoms. The number of benzene rings is 3. The summed E-state index contributed by atoms with van der Waals surface area (Å²) in [7, 11) is 2.14. The minimum atomic E-state index is -0.253. The van der Waals surface area contributed by atoms with E-state index in [1.54, 1.807) is 0 Å². The van der Waals surface area contributed by atoms with Gasteiger partial charge in [-0.3, -0.25) is 9.36 Å². The lowest BCUT2D eigenvalue weighted by atomic mass is 10.0. The van der Waals surface area contributed by atoms with Crippen LogP contribution in [0.1, 0.15) is 41.3 Å². The highest BCUT2D eigenvalue weighted by Gasteiger charge is 2.24. The molecule has 1 aromatic heterocycles. The molecule has 0 bridgehead atoms. The van der Waals surface area contributed by atoms with Crippen LogP contribution in [0.25, 0.3) is 10.9 Å². The van der Waals surface area contributed by atoms with E-state index < -0.39 is 0 Å². The van der Waals surface area contributed by atoms with E-state index in [9.17, 15) is 9.90 Å². The number of nitrogens with zero attached hydrogens (tertiary/aromatic N) is 3. The molecule has 6 heteroatoms. The molecule has 0 atom stereocenters. The zero-order chi connectivity index (χ0) is 25.2. The maximum absolute atomic E-state index is 12.5. The standard InChI is InChI=1S/C30H31N3O3/c1-20-9-14-26-27(19-20)33(21(2)34)30(35)28(26)29(22-7-5-4-6-8-22)31-23-10-12-24(13-11-23)36-25-15-17-32(3)18-16-25/h4-14,19,25,35H,15-18H2,1-3H3. The molecular formula is C30H31N3O3. The van der Waals surface area contributed by atoms with Gasteiger partial charge >= 0.3 is 0 Å². The second-order valence-electron chi connectivity index (χ2n) is 9.51. The van der Waals surface area contributed by atoms with Crippen molar-refractivity contribution in [2.75, 3.05) is 20.1 Å². The minimum absolute atomic E-state index is 0.104. The topological polar surface area (TPSA) is 67.1 Å². The van der Waals surface area contributed by atoms with Crippen LogP contribution in [0, 0.1) is 6.92 Å². The molecule has 6 nitrogen and oxygen atoms in total. The summed E-state index contributed by atoms with van der Waals surface area (Å²) in [5.74, 6) is 0.473. The number of hydrogen-bond acceptors (Lipinski definition) is 5. The quantitative estimate of drug-likeness (QED) is 0.357. The predicted molar refractivity (Wildman–Crippen MR) is 144 cm³/mol. The van der Waals surface area contributed by atoms with E-state index in [-0.39, 0.29) is 17.9 Å². The first-order chi connectivity index (χ1) is 17.4. The normalized spacial score (nSPS) is 15.4. The highest BCUT2D eigenvalue weighted by atomic mass is 16.5. The maximum atomic E-state index is 12.5. The van der Waals surface area contributed by atoms with E-state index in [1.165, 1.54) is 11.5 Å². The van der Waals surface area contributed by atoms with Gasteiger partial charge in [0.05, 0.1) is 22.5 Å². The molecule has 4 aromatic rings. The first-order valence-corrected chi connectivity index (χ1v) is 12.4. The van der Waals surface area contributed by atoms with Crippen molar-refractivity contribution in [3.63, 3.8) is 0 Å². The van der Waals surface area contributed by atoms with Gasteiger partial charge in [0, 0.05) is 31.0 Å². The summed E-state index contributed by atoms with van der Waals surface area (Å²) in [4.78, 5) is 19.8. The lowest BCUT2D eigenvalue weighted by Crippen LogP contribution is -2.35. The van der Waals surface area contributed by atoms with E-state index >= 15 is 0 Å². The molecule has 0 aliphatic carbocycles. The first kappa shape index (κ1) is 23.8. The second kappa shape index (κ2) is 9.99. The summed E-state index contributed by atoms with van der Waals surface area (Å²) in [6.45, 7) is 5.51. The number of aromatic nitrogens is 1. The van der Waals surface area contributed by atoms with Crippen LogP contribution in [0.2, 0.25) is 0 Å². The van der Waals surface area contributed by atoms with Gasteiger partial charge in [0.2, 0.25) is 11.8 Å². The van der Waals surface area contributed by atoms with E-state index in [0.29, 0.717) is 16.8 Å². The molecule has 184 valence electrons. The Hall–Kier alpha value is -3.90. The molecule has 2 heterocycles. The molecule has 1 saturated heterocycles. The van der Waals surface area contributed by atoms with Gasteiger partial charge in [0.25, 0.3) is 0 Å². The number of aryl methyl sites for hydroxylation is 1. The Labute approximate surface area is 211 Å². The fourth-order valence-corrected chi connectivity index (χ4v) is 4.82. The van der Waals surface area contributed by atoms with E-state index in [4.69, 9.17) is 9.73 Å². The number of carbonyl (C=O) groups is 1. The fourth-order valence-electron chi connectivity index (χ4n) is 4.82. The maximum Gasteiger partial charge on any atom is 0.230 e. The number of ether oxygens (including phenoxy) is 1. The Morgan fingerprint density at radius 1 is 1.00 bits per heavy atom. The van der Waals surface area contributed by atoms with Crippen molar-refractivity contribution < 1.29 is 14.6 Å². The molecule has 3 aromatic carbocycles. The van der Waals surface area contributed by atoms with E-state index in [2.05, 4.69) is 11.9 Å². The predicted octanol–water partition coefficient (Wildman–Crippen LogP) is 5.96. The number of likely N-dealkylation sites (tertiary alicyclic amines) is 1. The highest BCUT2D eigenvalue weighted by Crippen LogP contribution is 2.35. The van der Waals surface area contributed by atoms with Crippen molar-refractivity contribution in [3.05, 3.63) is 89.5 Å². The zero-order valence-electron chi connectivity index (χ0n) is 20.9. The number of aromatic hydroxyl groups is 1. The van der Waals surface area contributed by atoms with Gasteiger partial charge in [-0.1, -0.05) is 42.5 Å². The number of rotatable bonds is 5. The Bertz CT molecular complexity index is 1410. The Morgan fingerprint density at radius 2 is 1.69 bits per heavy atom. The Morgan fingerprint density at radius 3 is 2.36 bits per heavy atom. The van der Waals surface area contributed by atoms with Crippen molar-refractivity contribution in [2.24, 2.45) is 4.99 Å². The van der Waals surface area contributed by atoms with Gasteiger partial charge in [-0.15, -0.1) is 0 Å². The summed E-state index contributed by atoms with van der Waals surface area (Å²) >= 11 is 0. The van der Waals surface area contributed by atoms with Crippen LogP contribution in [-0.2, 0) is 0 Å². The van der Waals surface area contributed by atoms with Crippen LogP contribution in [-0.4, -0.2) is 52.4 Å². The highest BCUT2D eigenvalue weighted by molar-refractivity contribution is 6.23. The molecule has 1 fully saturated rings. The van der Waals surface area contributed by atoms with Gasteiger partial charge in [0.1, 0.15) is 11.9 Å². The van der Waals surface area contributed by atoms with Crippen LogP contribution in [0.15, 0.2) is 77.8 Å². The number of piperidine rings is 1. The monoisotopic (exact) mass is 481 g/mol. The van der Waals surface area contributed by atoms with Crippen LogP contribution in [0.5, 0.6) is 11.6 Å². The van der Waals surface area contributed by atoms with Crippen LogP contribution >= 0.6 is 0 Å². The first-order valence-electron chi connectivity index (χ1n) is 12.4. The Balaban J connectivity index is 1.57. The van der Waals surface area contributed by atoms with Crippen LogP contribution < -0.4 is 4.74 Å². The molecule has 0 radical (unpaired) electrons. The van der Waals surface area contributed by atoms with Gasteiger partial charge < -0.3 is 14.7 Å².